The summed E-state index contributed by atoms with van der Waals surface area (Å²) in [6.45, 7) is 5.18. The predicted octanol–water partition coefficient (Wildman–Crippen LogP) is 2.09. The van der Waals surface area contributed by atoms with Crippen molar-refractivity contribution >= 4 is 10.8 Å². The van der Waals surface area contributed by atoms with Crippen LogP contribution in [-0.4, -0.2) is 17.0 Å². The van der Waals surface area contributed by atoms with Crippen LogP contribution < -0.4 is 5.32 Å². The Morgan fingerprint density at radius 1 is 1.36 bits per heavy atom. The van der Waals surface area contributed by atoms with E-state index >= 15 is 0 Å². The second-order valence-electron chi connectivity index (χ2n) is 3.30. The standard InChI is InChI=1S/C11H17NOS/c1-4-12-9(2)10-5-7-11(8-6-10)14(3)13/h5-9,12H,4H2,1-3H3. The minimum atomic E-state index is -0.875. The fourth-order valence-corrected chi connectivity index (χ4v) is 1.89. The monoisotopic (exact) mass is 211 g/mol. The number of nitrogens with one attached hydrogen (secondary N) is 1. The van der Waals surface area contributed by atoms with Crippen molar-refractivity contribution in [3.8, 4) is 0 Å². The lowest BCUT2D eigenvalue weighted by molar-refractivity contribution is 0.597. The van der Waals surface area contributed by atoms with Gasteiger partial charge in [-0.1, -0.05) is 19.1 Å². The zero-order valence-corrected chi connectivity index (χ0v) is 9.73. The minimum Gasteiger partial charge on any atom is -0.310 e. The van der Waals surface area contributed by atoms with E-state index in [1.807, 2.05) is 24.3 Å². The maximum atomic E-state index is 11.1. The van der Waals surface area contributed by atoms with Gasteiger partial charge in [-0.05, 0) is 31.2 Å². The van der Waals surface area contributed by atoms with Gasteiger partial charge in [0.2, 0.25) is 0 Å². The summed E-state index contributed by atoms with van der Waals surface area (Å²) in [6.07, 6.45) is 1.70. The number of rotatable bonds is 4. The molecule has 0 aliphatic carbocycles. The lowest BCUT2D eigenvalue weighted by Gasteiger charge is -2.12. The van der Waals surface area contributed by atoms with Gasteiger partial charge >= 0.3 is 0 Å². The summed E-state index contributed by atoms with van der Waals surface area (Å²) < 4.78 is 11.1. The Labute approximate surface area is 88.2 Å². The van der Waals surface area contributed by atoms with Crippen molar-refractivity contribution in [1.29, 1.82) is 0 Å². The number of benzene rings is 1. The van der Waals surface area contributed by atoms with Crippen LogP contribution in [-0.2, 0) is 10.8 Å². The summed E-state index contributed by atoms with van der Waals surface area (Å²) in [7, 11) is -0.875. The molecule has 0 aliphatic heterocycles. The summed E-state index contributed by atoms with van der Waals surface area (Å²) >= 11 is 0. The molecule has 0 bridgehead atoms. The first-order valence-corrected chi connectivity index (χ1v) is 6.37. The second kappa shape index (κ2) is 5.27. The molecule has 0 fully saturated rings. The van der Waals surface area contributed by atoms with Gasteiger partial charge in [-0.25, -0.2) is 0 Å². The first-order chi connectivity index (χ1) is 6.65. The van der Waals surface area contributed by atoms with Crippen molar-refractivity contribution in [2.45, 2.75) is 24.8 Å². The summed E-state index contributed by atoms with van der Waals surface area (Å²) in [4.78, 5) is 0.887. The van der Waals surface area contributed by atoms with Crippen LogP contribution in [0.1, 0.15) is 25.5 Å². The Balaban J connectivity index is 2.77. The lowest BCUT2D eigenvalue weighted by Crippen LogP contribution is -2.17. The molecule has 14 heavy (non-hydrogen) atoms. The van der Waals surface area contributed by atoms with E-state index in [0.717, 1.165) is 11.4 Å². The molecule has 1 aromatic carbocycles. The predicted molar refractivity (Wildman–Crippen MR) is 60.9 cm³/mol. The van der Waals surface area contributed by atoms with E-state index in [2.05, 4.69) is 19.2 Å². The van der Waals surface area contributed by atoms with Crippen molar-refractivity contribution in [3.63, 3.8) is 0 Å². The van der Waals surface area contributed by atoms with Gasteiger partial charge < -0.3 is 5.32 Å². The molecule has 1 N–H and O–H groups in total. The molecule has 0 heterocycles. The summed E-state index contributed by atoms with van der Waals surface area (Å²) in [5, 5.41) is 3.33. The molecular weight excluding hydrogens is 194 g/mol. The summed E-state index contributed by atoms with van der Waals surface area (Å²) in [5.74, 6) is 0. The molecule has 2 atom stereocenters. The molecular formula is C11H17NOS. The van der Waals surface area contributed by atoms with E-state index in [4.69, 9.17) is 0 Å². The molecule has 1 aromatic rings. The molecule has 0 saturated carbocycles. The van der Waals surface area contributed by atoms with E-state index in [0.29, 0.717) is 6.04 Å². The van der Waals surface area contributed by atoms with Gasteiger partial charge in [0.15, 0.2) is 0 Å². The van der Waals surface area contributed by atoms with Crippen molar-refractivity contribution in [1.82, 2.24) is 5.32 Å². The van der Waals surface area contributed by atoms with E-state index < -0.39 is 10.8 Å². The van der Waals surface area contributed by atoms with Crippen molar-refractivity contribution < 1.29 is 4.21 Å². The summed E-state index contributed by atoms with van der Waals surface area (Å²) in [6, 6.07) is 8.28. The molecule has 0 radical (unpaired) electrons. The fourth-order valence-electron chi connectivity index (χ4n) is 1.37. The number of hydrogen-bond donors (Lipinski definition) is 1. The van der Waals surface area contributed by atoms with Gasteiger partial charge in [-0.15, -0.1) is 0 Å². The average molecular weight is 211 g/mol. The first kappa shape index (κ1) is 11.4. The van der Waals surface area contributed by atoms with Crippen LogP contribution in [0.2, 0.25) is 0 Å². The summed E-state index contributed by atoms with van der Waals surface area (Å²) in [5.41, 5.74) is 1.24. The third kappa shape index (κ3) is 2.93. The third-order valence-corrected chi connectivity index (χ3v) is 3.16. The highest BCUT2D eigenvalue weighted by atomic mass is 32.2. The Morgan fingerprint density at radius 3 is 2.36 bits per heavy atom. The molecule has 2 nitrogen and oxygen atoms in total. The maximum absolute atomic E-state index is 11.1. The Kier molecular flexibility index (Phi) is 4.29. The van der Waals surface area contributed by atoms with E-state index in [9.17, 15) is 4.21 Å². The molecule has 0 amide bonds. The molecule has 0 spiro atoms. The SMILES string of the molecule is CCNC(C)c1ccc(S(C)=O)cc1. The van der Waals surface area contributed by atoms with Gasteiger partial charge in [-0.2, -0.15) is 0 Å². The molecule has 1 rings (SSSR count). The Morgan fingerprint density at radius 2 is 1.93 bits per heavy atom. The molecule has 78 valence electrons. The number of hydrogen-bond acceptors (Lipinski definition) is 2. The zero-order chi connectivity index (χ0) is 10.6. The maximum Gasteiger partial charge on any atom is 0.0498 e. The van der Waals surface area contributed by atoms with E-state index in [-0.39, 0.29) is 0 Å². The normalized spacial score (nSPS) is 15.1. The Bertz CT molecular complexity index is 308. The molecule has 3 heteroatoms. The van der Waals surface area contributed by atoms with E-state index in [1.165, 1.54) is 5.56 Å². The van der Waals surface area contributed by atoms with Gasteiger partial charge in [0.25, 0.3) is 0 Å². The van der Waals surface area contributed by atoms with Crippen LogP contribution in [0.4, 0.5) is 0 Å². The molecule has 0 aliphatic rings. The molecule has 0 saturated heterocycles. The Hall–Kier alpha value is -0.670. The van der Waals surface area contributed by atoms with Gasteiger partial charge in [-0.3, -0.25) is 4.21 Å². The molecule has 0 aromatic heterocycles. The highest BCUT2D eigenvalue weighted by Gasteiger charge is 2.03. The van der Waals surface area contributed by atoms with Crippen LogP contribution in [0, 0.1) is 0 Å². The smallest absolute Gasteiger partial charge is 0.0498 e. The van der Waals surface area contributed by atoms with E-state index in [1.54, 1.807) is 6.26 Å². The van der Waals surface area contributed by atoms with Crippen LogP contribution in [0.5, 0.6) is 0 Å². The van der Waals surface area contributed by atoms with Gasteiger partial charge in [0.05, 0.1) is 0 Å². The first-order valence-electron chi connectivity index (χ1n) is 4.82. The quantitative estimate of drug-likeness (QED) is 0.826. The van der Waals surface area contributed by atoms with Crippen LogP contribution in [0.3, 0.4) is 0 Å². The van der Waals surface area contributed by atoms with Crippen molar-refractivity contribution in [2.75, 3.05) is 12.8 Å². The van der Waals surface area contributed by atoms with Crippen molar-refractivity contribution in [3.05, 3.63) is 29.8 Å². The second-order valence-corrected chi connectivity index (χ2v) is 4.68. The highest BCUT2D eigenvalue weighted by Crippen LogP contribution is 2.14. The molecule has 2 unspecified atom stereocenters. The van der Waals surface area contributed by atoms with Gasteiger partial charge in [0.1, 0.15) is 0 Å². The van der Waals surface area contributed by atoms with Crippen molar-refractivity contribution in [2.24, 2.45) is 0 Å². The lowest BCUT2D eigenvalue weighted by atomic mass is 10.1. The topological polar surface area (TPSA) is 29.1 Å². The van der Waals surface area contributed by atoms with Crippen LogP contribution in [0.15, 0.2) is 29.2 Å². The van der Waals surface area contributed by atoms with Crippen LogP contribution >= 0.6 is 0 Å². The zero-order valence-electron chi connectivity index (χ0n) is 8.91. The third-order valence-electron chi connectivity index (χ3n) is 2.22. The fraction of sp³-hybridized carbons (Fsp3) is 0.455. The minimum absolute atomic E-state index is 0.361. The highest BCUT2D eigenvalue weighted by molar-refractivity contribution is 7.84. The average Bonchev–Trinajstić information content (AvgIpc) is 2.18. The largest absolute Gasteiger partial charge is 0.310 e. The van der Waals surface area contributed by atoms with Gasteiger partial charge in [0, 0.05) is 28.0 Å². The van der Waals surface area contributed by atoms with Crippen LogP contribution in [0.25, 0.3) is 0 Å².